The average molecular weight is 584 g/mol. The normalized spacial score (nSPS) is 17.3. The molecule has 3 aromatic rings. The number of carbonyl (C=O) groups excluding carboxylic acids is 2. The molecule has 3 N–H and O–H groups in total. The zero-order valence-corrected chi connectivity index (χ0v) is 22.9. The molecule has 12 heteroatoms. The molecule has 192 valence electrons. The summed E-state index contributed by atoms with van der Waals surface area (Å²) in [5.41, 5.74) is 9.18. The van der Waals surface area contributed by atoms with Crippen molar-refractivity contribution in [2.45, 2.75) is 29.5 Å². The third kappa shape index (κ3) is 5.02. The van der Waals surface area contributed by atoms with Gasteiger partial charge in [-0.25, -0.2) is 0 Å². The number of Topliss-reactive ketones (excluding diaryl/α,β-unsaturated/α-hetero) is 1. The van der Waals surface area contributed by atoms with E-state index in [-0.39, 0.29) is 33.9 Å². The second-order valence-electron chi connectivity index (χ2n) is 8.51. The van der Waals surface area contributed by atoms with Crippen LogP contribution >= 0.6 is 46.3 Å². The molecule has 0 spiro atoms. The third-order valence-corrected chi connectivity index (χ3v) is 9.05. The quantitative estimate of drug-likeness (QED) is 0.345. The molecule has 1 amide bonds. The molecule has 1 atom stereocenters. The summed E-state index contributed by atoms with van der Waals surface area (Å²) >= 11 is 15.3. The van der Waals surface area contributed by atoms with Crippen molar-refractivity contribution >= 4 is 68.8 Å². The average Bonchev–Trinajstić information content (AvgIpc) is 3.38. The lowest BCUT2D eigenvalue weighted by Gasteiger charge is -2.38. The Hall–Kier alpha value is -3.36. The van der Waals surface area contributed by atoms with Gasteiger partial charge in [-0.1, -0.05) is 76.6 Å². The van der Waals surface area contributed by atoms with Gasteiger partial charge < -0.3 is 11.1 Å². The molecule has 38 heavy (non-hydrogen) atoms. The van der Waals surface area contributed by atoms with Crippen molar-refractivity contribution in [1.82, 2.24) is 10.2 Å². The van der Waals surface area contributed by atoms with E-state index in [4.69, 9.17) is 28.9 Å². The fourth-order valence-electron chi connectivity index (χ4n) is 4.56. The summed E-state index contributed by atoms with van der Waals surface area (Å²) in [6, 6.07) is 16.5. The molecule has 1 aliphatic heterocycles. The first-order valence-corrected chi connectivity index (χ1v) is 14.2. The van der Waals surface area contributed by atoms with Gasteiger partial charge >= 0.3 is 0 Å². The molecular weight excluding hydrogens is 563 g/mol. The highest BCUT2D eigenvalue weighted by molar-refractivity contribution is 8.01. The van der Waals surface area contributed by atoms with Crippen LogP contribution in [-0.2, 0) is 9.59 Å². The molecule has 1 aromatic heterocycles. The highest BCUT2D eigenvalue weighted by atomic mass is 35.5. The van der Waals surface area contributed by atoms with Crippen molar-refractivity contribution in [3.8, 4) is 6.07 Å². The number of anilines is 2. The lowest BCUT2D eigenvalue weighted by atomic mass is 9.76. The Kier molecular flexibility index (Phi) is 7.72. The van der Waals surface area contributed by atoms with E-state index in [0.29, 0.717) is 56.3 Å². The van der Waals surface area contributed by atoms with Gasteiger partial charge in [-0.3, -0.25) is 14.5 Å². The zero-order valence-electron chi connectivity index (χ0n) is 19.8. The minimum atomic E-state index is -0.728. The lowest BCUT2D eigenvalue weighted by Crippen LogP contribution is -2.38. The van der Waals surface area contributed by atoms with E-state index in [1.54, 1.807) is 23.1 Å². The van der Waals surface area contributed by atoms with Gasteiger partial charge in [0.05, 0.1) is 33.4 Å². The maximum Gasteiger partial charge on any atom is 0.234 e. The standard InChI is InChI=1S/C26H20Cl2N6O2S2/c27-17-9-4-8-15(23(17)28)21-16(12-29)24(30)34(18-10-5-11-19(35)22(18)21)25-32-33-26(38-25)37-13-20(36)31-14-6-2-1-3-7-14/h1-4,6-9,21H,5,10-11,13,30H2,(H,31,36). The van der Waals surface area contributed by atoms with Crippen molar-refractivity contribution in [3.63, 3.8) is 0 Å². The predicted molar refractivity (Wildman–Crippen MR) is 150 cm³/mol. The predicted octanol–water partition coefficient (Wildman–Crippen LogP) is 5.88. The molecule has 2 aromatic carbocycles. The first-order chi connectivity index (χ1) is 18.4. The van der Waals surface area contributed by atoms with Gasteiger partial charge in [0.2, 0.25) is 11.0 Å². The number of halogens is 2. The van der Waals surface area contributed by atoms with Crippen LogP contribution in [0.5, 0.6) is 0 Å². The molecule has 0 bridgehead atoms. The monoisotopic (exact) mass is 582 g/mol. The number of nitriles is 1. The summed E-state index contributed by atoms with van der Waals surface area (Å²) in [5, 5.41) is 22.5. The van der Waals surface area contributed by atoms with E-state index < -0.39 is 5.92 Å². The minimum Gasteiger partial charge on any atom is -0.384 e. The van der Waals surface area contributed by atoms with Gasteiger partial charge in [0.25, 0.3) is 0 Å². The number of hydrogen-bond acceptors (Lipinski definition) is 9. The number of allylic oxidation sites excluding steroid dienone is 3. The second-order valence-corrected chi connectivity index (χ2v) is 11.5. The van der Waals surface area contributed by atoms with Crippen molar-refractivity contribution in [3.05, 3.63) is 86.8 Å². The summed E-state index contributed by atoms with van der Waals surface area (Å²) in [6.45, 7) is 0. The lowest BCUT2D eigenvalue weighted by molar-refractivity contribution is -0.116. The van der Waals surface area contributed by atoms with Gasteiger partial charge in [-0.05, 0) is 36.6 Å². The van der Waals surface area contributed by atoms with Crippen molar-refractivity contribution in [1.29, 1.82) is 5.26 Å². The van der Waals surface area contributed by atoms with E-state index >= 15 is 0 Å². The number of thioether (sulfide) groups is 1. The van der Waals surface area contributed by atoms with Gasteiger partial charge in [0.1, 0.15) is 5.82 Å². The molecule has 2 aliphatic rings. The Labute approximate surface area is 237 Å². The number of hydrogen-bond donors (Lipinski definition) is 2. The van der Waals surface area contributed by atoms with Crippen LogP contribution in [0.15, 0.2) is 75.5 Å². The number of benzene rings is 2. The van der Waals surface area contributed by atoms with Gasteiger partial charge in [0.15, 0.2) is 10.1 Å². The van der Waals surface area contributed by atoms with E-state index in [1.807, 2.05) is 30.3 Å². The fourth-order valence-corrected chi connectivity index (χ4v) is 6.65. The Morgan fingerprint density at radius 2 is 1.97 bits per heavy atom. The van der Waals surface area contributed by atoms with E-state index in [1.165, 1.54) is 23.1 Å². The number of nitrogens with one attached hydrogen (secondary N) is 1. The number of carbonyl (C=O) groups is 2. The van der Waals surface area contributed by atoms with Crippen LogP contribution in [0.4, 0.5) is 10.8 Å². The number of aromatic nitrogens is 2. The molecule has 0 saturated carbocycles. The van der Waals surface area contributed by atoms with Gasteiger partial charge in [-0.2, -0.15) is 5.26 Å². The maximum absolute atomic E-state index is 13.3. The van der Waals surface area contributed by atoms with Crippen molar-refractivity contribution in [2.24, 2.45) is 5.73 Å². The van der Waals surface area contributed by atoms with Crippen molar-refractivity contribution in [2.75, 3.05) is 16.0 Å². The summed E-state index contributed by atoms with van der Waals surface area (Å²) in [7, 11) is 0. The summed E-state index contributed by atoms with van der Waals surface area (Å²) in [4.78, 5) is 27.3. The Morgan fingerprint density at radius 3 is 2.74 bits per heavy atom. The molecule has 0 radical (unpaired) electrons. The van der Waals surface area contributed by atoms with Gasteiger partial charge in [0, 0.05) is 23.4 Å². The van der Waals surface area contributed by atoms with Crippen LogP contribution < -0.4 is 16.0 Å². The first-order valence-electron chi connectivity index (χ1n) is 11.6. The number of amides is 1. The number of nitrogens with two attached hydrogens (primary N) is 1. The Morgan fingerprint density at radius 1 is 1.18 bits per heavy atom. The molecule has 8 nitrogen and oxygen atoms in total. The number of rotatable bonds is 6. The minimum absolute atomic E-state index is 0.0748. The van der Waals surface area contributed by atoms with Crippen LogP contribution in [0, 0.1) is 11.3 Å². The Bertz CT molecular complexity index is 1530. The molecule has 1 aliphatic carbocycles. The first kappa shape index (κ1) is 26.3. The summed E-state index contributed by atoms with van der Waals surface area (Å²) in [5.74, 6) is -0.675. The van der Waals surface area contributed by atoms with Crippen LogP contribution in [-0.4, -0.2) is 27.6 Å². The molecular formula is C26H20Cl2N6O2S2. The summed E-state index contributed by atoms with van der Waals surface area (Å²) < 4.78 is 0.554. The zero-order chi connectivity index (χ0) is 26.8. The number of para-hydroxylation sites is 1. The molecule has 0 saturated heterocycles. The largest absolute Gasteiger partial charge is 0.384 e. The maximum atomic E-state index is 13.3. The van der Waals surface area contributed by atoms with E-state index in [9.17, 15) is 14.9 Å². The molecule has 1 unspecified atom stereocenters. The van der Waals surface area contributed by atoms with E-state index in [0.717, 1.165) is 0 Å². The van der Waals surface area contributed by atoms with E-state index in [2.05, 4.69) is 21.6 Å². The van der Waals surface area contributed by atoms with Crippen LogP contribution in [0.25, 0.3) is 0 Å². The number of nitrogens with zero attached hydrogens (tertiary/aromatic N) is 4. The highest BCUT2D eigenvalue weighted by Gasteiger charge is 2.42. The summed E-state index contributed by atoms with van der Waals surface area (Å²) in [6.07, 6.45) is 1.56. The second kappa shape index (κ2) is 11.2. The fraction of sp³-hybridized carbons (Fsp3) is 0.192. The topological polar surface area (TPSA) is 125 Å². The highest BCUT2D eigenvalue weighted by Crippen LogP contribution is 2.49. The van der Waals surface area contributed by atoms with Crippen LogP contribution in [0.1, 0.15) is 30.7 Å². The molecule has 0 fully saturated rings. The third-order valence-electron chi connectivity index (χ3n) is 6.18. The SMILES string of the molecule is N#CC1=C(N)N(c2nnc(SCC(=O)Nc3ccccc3)s2)C2=C(C(=O)CCC2)C1c1cccc(Cl)c1Cl. The van der Waals surface area contributed by atoms with Crippen molar-refractivity contribution < 1.29 is 9.59 Å². The Balaban J connectivity index is 1.46. The van der Waals surface area contributed by atoms with Crippen LogP contribution in [0.2, 0.25) is 10.0 Å². The molecule has 2 heterocycles. The number of ketones is 1. The molecule has 5 rings (SSSR count). The van der Waals surface area contributed by atoms with Crippen LogP contribution in [0.3, 0.4) is 0 Å². The smallest absolute Gasteiger partial charge is 0.234 e. The van der Waals surface area contributed by atoms with Gasteiger partial charge in [-0.15, -0.1) is 10.2 Å².